The Balaban J connectivity index is 1.89. The molecule has 2 aromatic carbocycles. The van der Waals surface area contributed by atoms with Crippen molar-refractivity contribution in [2.45, 2.75) is 13.1 Å². The molecule has 4 nitrogen and oxygen atoms in total. The first-order valence-electron chi connectivity index (χ1n) is 6.27. The van der Waals surface area contributed by atoms with Crippen LogP contribution in [0.2, 0.25) is 0 Å². The molecule has 0 saturated carbocycles. The Kier molecular flexibility index (Phi) is 4.48. The molecular weight excluding hydrogens is 250 g/mol. The fourth-order valence-electron chi connectivity index (χ4n) is 1.89. The standard InChI is InChI=1S/C16H15N3O/c17-9-13-2-1-3-14(8-13)11-19-10-12-4-6-15(7-5-12)16(18)20/h1-8,19H,10-11H2,(H2,18,20). The molecule has 20 heavy (non-hydrogen) atoms. The van der Waals surface area contributed by atoms with E-state index in [4.69, 9.17) is 11.0 Å². The van der Waals surface area contributed by atoms with Crippen LogP contribution in [0.4, 0.5) is 0 Å². The summed E-state index contributed by atoms with van der Waals surface area (Å²) in [6.07, 6.45) is 0. The van der Waals surface area contributed by atoms with Crippen LogP contribution in [0.3, 0.4) is 0 Å². The Labute approximate surface area is 117 Å². The molecular formula is C16H15N3O. The smallest absolute Gasteiger partial charge is 0.248 e. The topological polar surface area (TPSA) is 78.9 Å². The number of amides is 1. The normalized spacial score (nSPS) is 9.95. The minimum Gasteiger partial charge on any atom is -0.366 e. The van der Waals surface area contributed by atoms with E-state index < -0.39 is 5.91 Å². The predicted molar refractivity (Wildman–Crippen MR) is 76.7 cm³/mol. The molecule has 0 unspecified atom stereocenters. The lowest BCUT2D eigenvalue weighted by atomic mass is 10.1. The zero-order chi connectivity index (χ0) is 14.4. The maximum Gasteiger partial charge on any atom is 0.248 e. The SMILES string of the molecule is N#Cc1cccc(CNCc2ccc(C(N)=O)cc2)c1. The van der Waals surface area contributed by atoms with Gasteiger partial charge in [0, 0.05) is 18.7 Å². The average Bonchev–Trinajstić information content (AvgIpc) is 2.48. The van der Waals surface area contributed by atoms with E-state index in [1.54, 1.807) is 18.2 Å². The van der Waals surface area contributed by atoms with E-state index >= 15 is 0 Å². The van der Waals surface area contributed by atoms with Crippen molar-refractivity contribution >= 4 is 5.91 Å². The minimum atomic E-state index is -0.419. The van der Waals surface area contributed by atoms with E-state index in [0.717, 1.165) is 11.1 Å². The van der Waals surface area contributed by atoms with E-state index in [1.807, 2.05) is 30.3 Å². The Hall–Kier alpha value is -2.64. The fourth-order valence-corrected chi connectivity index (χ4v) is 1.89. The van der Waals surface area contributed by atoms with Gasteiger partial charge in [0.05, 0.1) is 11.6 Å². The van der Waals surface area contributed by atoms with Crippen molar-refractivity contribution in [1.82, 2.24) is 5.32 Å². The van der Waals surface area contributed by atoms with E-state index in [9.17, 15) is 4.79 Å². The van der Waals surface area contributed by atoms with Gasteiger partial charge >= 0.3 is 0 Å². The molecule has 0 spiro atoms. The van der Waals surface area contributed by atoms with Crippen molar-refractivity contribution in [3.8, 4) is 6.07 Å². The number of nitriles is 1. The van der Waals surface area contributed by atoms with Crippen molar-refractivity contribution in [2.24, 2.45) is 5.73 Å². The molecule has 3 N–H and O–H groups in total. The highest BCUT2D eigenvalue weighted by molar-refractivity contribution is 5.92. The lowest BCUT2D eigenvalue weighted by Crippen LogP contribution is -2.14. The summed E-state index contributed by atoms with van der Waals surface area (Å²) in [5.41, 5.74) is 8.50. The number of rotatable bonds is 5. The van der Waals surface area contributed by atoms with E-state index in [2.05, 4.69) is 11.4 Å². The number of carbonyl (C=O) groups is 1. The number of nitrogens with two attached hydrogens (primary N) is 1. The summed E-state index contributed by atoms with van der Waals surface area (Å²) in [5, 5.41) is 12.1. The van der Waals surface area contributed by atoms with Gasteiger partial charge in [0.25, 0.3) is 0 Å². The van der Waals surface area contributed by atoms with Crippen LogP contribution >= 0.6 is 0 Å². The molecule has 0 aliphatic heterocycles. The van der Waals surface area contributed by atoms with Crippen LogP contribution in [0.25, 0.3) is 0 Å². The van der Waals surface area contributed by atoms with E-state index in [0.29, 0.717) is 24.2 Å². The number of hydrogen-bond acceptors (Lipinski definition) is 3. The third-order valence-corrected chi connectivity index (χ3v) is 2.95. The Morgan fingerprint density at radius 2 is 1.80 bits per heavy atom. The predicted octanol–water partition coefficient (Wildman–Crippen LogP) is 1.95. The lowest BCUT2D eigenvalue weighted by molar-refractivity contribution is 0.100. The third kappa shape index (κ3) is 3.67. The van der Waals surface area contributed by atoms with Gasteiger partial charge in [-0.05, 0) is 35.4 Å². The molecule has 2 aromatic rings. The third-order valence-electron chi connectivity index (χ3n) is 2.95. The van der Waals surface area contributed by atoms with Gasteiger partial charge in [-0.15, -0.1) is 0 Å². The Morgan fingerprint density at radius 1 is 1.10 bits per heavy atom. The van der Waals surface area contributed by atoms with E-state index in [1.165, 1.54) is 0 Å². The molecule has 0 saturated heterocycles. The highest BCUT2D eigenvalue weighted by Crippen LogP contribution is 2.06. The van der Waals surface area contributed by atoms with E-state index in [-0.39, 0.29) is 0 Å². The van der Waals surface area contributed by atoms with Gasteiger partial charge in [-0.2, -0.15) is 5.26 Å². The number of hydrogen-bond donors (Lipinski definition) is 2. The molecule has 0 aromatic heterocycles. The molecule has 0 atom stereocenters. The summed E-state index contributed by atoms with van der Waals surface area (Å²) in [4.78, 5) is 11.0. The largest absolute Gasteiger partial charge is 0.366 e. The fraction of sp³-hybridized carbons (Fsp3) is 0.125. The van der Waals surface area contributed by atoms with Crippen LogP contribution < -0.4 is 11.1 Å². The highest BCUT2D eigenvalue weighted by atomic mass is 16.1. The van der Waals surface area contributed by atoms with Gasteiger partial charge in [0.15, 0.2) is 0 Å². The van der Waals surface area contributed by atoms with Crippen molar-refractivity contribution in [3.05, 3.63) is 70.8 Å². The number of nitrogens with zero attached hydrogens (tertiary/aromatic N) is 1. The van der Waals surface area contributed by atoms with Gasteiger partial charge < -0.3 is 11.1 Å². The highest BCUT2D eigenvalue weighted by Gasteiger charge is 2.00. The molecule has 2 rings (SSSR count). The van der Waals surface area contributed by atoms with Crippen LogP contribution in [0.15, 0.2) is 48.5 Å². The summed E-state index contributed by atoms with van der Waals surface area (Å²) in [7, 11) is 0. The molecule has 0 aliphatic carbocycles. The Morgan fingerprint density at radius 3 is 2.45 bits per heavy atom. The van der Waals surface area contributed by atoms with Crippen LogP contribution in [-0.2, 0) is 13.1 Å². The average molecular weight is 265 g/mol. The Bertz CT molecular complexity index is 642. The van der Waals surface area contributed by atoms with Gasteiger partial charge in [-0.3, -0.25) is 4.79 Å². The zero-order valence-corrected chi connectivity index (χ0v) is 11.0. The summed E-state index contributed by atoms with van der Waals surface area (Å²) < 4.78 is 0. The van der Waals surface area contributed by atoms with Crippen LogP contribution in [0, 0.1) is 11.3 Å². The summed E-state index contributed by atoms with van der Waals surface area (Å²) in [6.45, 7) is 1.38. The maximum atomic E-state index is 11.0. The lowest BCUT2D eigenvalue weighted by Gasteiger charge is -2.06. The minimum absolute atomic E-state index is 0.419. The number of carbonyl (C=O) groups excluding carboxylic acids is 1. The monoisotopic (exact) mass is 265 g/mol. The van der Waals surface area contributed by atoms with Crippen molar-refractivity contribution in [2.75, 3.05) is 0 Å². The quantitative estimate of drug-likeness (QED) is 0.867. The second kappa shape index (κ2) is 6.50. The molecule has 0 heterocycles. The van der Waals surface area contributed by atoms with Crippen molar-refractivity contribution < 1.29 is 4.79 Å². The molecule has 0 aliphatic rings. The van der Waals surface area contributed by atoms with Crippen LogP contribution in [-0.4, -0.2) is 5.91 Å². The van der Waals surface area contributed by atoms with Crippen molar-refractivity contribution in [1.29, 1.82) is 5.26 Å². The van der Waals surface area contributed by atoms with Gasteiger partial charge in [-0.25, -0.2) is 0 Å². The maximum absolute atomic E-state index is 11.0. The van der Waals surface area contributed by atoms with Crippen LogP contribution in [0.5, 0.6) is 0 Å². The first-order valence-corrected chi connectivity index (χ1v) is 6.27. The summed E-state index contributed by atoms with van der Waals surface area (Å²) in [6, 6.07) is 16.8. The van der Waals surface area contributed by atoms with Crippen LogP contribution in [0.1, 0.15) is 27.0 Å². The van der Waals surface area contributed by atoms with Gasteiger partial charge in [0.1, 0.15) is 0 Å². The number of primary amides is 1. The van der Waals surface area contributed by atoms with Gasteiger partial charge in [0.2, 0.25) is 5.91 Å². The number of nitrogens with one attached hydrogen (secondary N) is 1. The second-order valence-electron chi connectivity index (χ2n) is 4.48. The van der Waals surface area contributed by atoms with Crippen molar-refractivity contribution in [3.63, 3.8) is 0 Å². The first-order chi connectivity index (χ1) is 9.69. The zero-order valence-electron chi connectivity index (χ0n) is 11.0. The summed E-state index contributed by atoms with van der Waals surface area (Å²) >= 11 is 0. The number of benzene rings is 2. The molecule has 0 bridgehead atoms. The molecule has 0 radical (unpaired) electrons. The first kappa shape index (κ1) is 13.8. The summed E-state index contributed by atoms with van der Waals surface area (Å²) in [5.74, 6) is -0.419. The van der Waals surface area contributed by atoms with Gasteiger partial charge in [-0.1, -0.05) is 24.3 Å². The molecule has 1 amide bonds. The molecule has 4 heteroatoms. The molecule has 0 fully saturated rings. The molecule has 100 valence electrons. The second-order valence-corrected chi connectivity index (χ2v) is 4.48.